The van der Waals surface area contributed by atoms with Crippen molar-refractivity contribution in [3.63, 3.8) is 0 Å². The normalized spacial score (nSPS) is 24.0. The molecule has 2 heterocycles. The van der Waals surface area contributed by atoms with E-state index in [0.717, 1.165) is 24.9 Å². The molecule has 0 unspecified atom stereocenters. The average Bonchev–Trinajstić information content (AvgIpc) is 2.92. The highest BCUT2D eigenvalue weighted by molar-refractivity contribution is 5.94. The quantitative estimate of drug-likeness (QED) is 0.770. The first-order chi connectivity index (χ1) is 12.9. The fourth-order valence-corrected chi connectivity index (χ4v) is 4.80. The van der Waals surface area contributed by atoms with Gasteiger partial charge >= 0.3 is 0 Å². The number of carbonyl (C=O) groups excluding carboxylic acids is 1. The van der Waals surface area contributed by atoms with Crippen LogP contribution in [0.4, 0.5) is 14.5 Å². The summed E-state index contributed by atoms with van der Waals surface area (Å²) in [5, 5.41) is 0. The number of hydrogen-bond donors (Lipinski definition) is 0. The molecule has 0 radical (unpaired) electrons. The number of fused-ring (bicyclic) bond motifs is 1. The van der Waals surface area contributed by atoms with E-state index in [2.05, 4.69) is 18.7 Å². The summed E-state index contributed by atoms with van der Waals surface area (Å²) in [5.74, 6) is -0.627. The first-order valence-electron chi connectivity index (χ1n) is 9.48. The van der Waals surface area contributed by atoms with Gasteiger partial charge in [-0.05, 0) is 81.6 Å². The first kappa shape index (κ1) is 18.0. The van der Waals surface area contributed by atoms with Crippen LogP contribution in [-0.2, 0) is 0 Å². The van der Waals surface area contributed by atoms with E-state index < -0.39 is 0 Å². The first-order valence-corrected chi connectivity index (χ1v) is 9.48. The van der Waals surface area contributed by atoms with Crippen LogP contribution in [0.15, 0.2) is 48.5 Å². The zero-order valence-electron chi connectivity index (χ0n) is 15.7. The Labute approximate surface area is 158 Å². The molecular weight excluding hydrogens is 346 g/mol. The molecule has 2 aromatic carbocycles. The SMILES string of the molecule is CC1(C)C[C@H]2[C@H](CCCN2C(=O)c2ccc(F)cc2)N1c1ccc(F)cc1. The van der Waals surface area contributed by atoms with Gasteiger partial charge in [0, 0.05) is 23.3 Å². The standard InChI is InChI=1S/C22H24F2N2O/c1-22(2)14-20-19(26(22)18-11-9-17(24)10-12-18)4-3-13-25(20)21(27)15-5-7-16(23)8-6-15/h5-12,19-20H,3-4,13-14H2,1-2H3/t19-,20-/m0/s1. The van der Waals surface area contributed by atoms with Crippen molar-refractivity contribution in [1.82, 2.24) is 4.90 Å². The van der Waals surface area contributed by atoms with Crippen molar-refractivity contribution in [1.29, 1.82) is 0 Å². The smallest absolute Gasteiger partial charge is 0.254 e. The number of piperidine rings is 1. The predicted molar refractivity (Wildman–Crippen MR) is 102 cm³/mol. The predicted octanol–water partition coefficient (Wildman–Crippen LogP) is 4.63. The lowest BCUT2D eigenvalue weighted by molar-refractivity contribution is 0.0605. The molecule has 2 aromatic rings. The summed E-state index contributed by atoms with van der Waals surface area (Å²) in [6, 6.07) is 12.7. The Morgan fingerprint density at radius 3 is 2.19 bits per heavy atom. The second-order valence-electron chi connectivity index (χ2n) is 8.15. The second kappa shape index (κ2) is 6.63. The number of rotatable bonds is 2. The number of amides is 1. The lowest BCUT2D eigenvalue weighted by Gasteiger charge is -2.42. The summed E-state index contributed by atoms with van der Waals surface area (Å²) in [6.07, 6.45) is 2.77. The van der Waals surface area contributed by atoms with Crippen LogP contribution in [0, 0.1) is 11.6 Å². The van der Waals surface area contributed by atoms with Crippen molar-refractivity contribution in [3.8, 4) is 0 Å². The molecule has 2 atom stereocenters. The fourth-order valence-electron chi connectivity index (χ4n) is 4.80. The van der Waals surface area contributed by atoms with E-state index in [1.54, 1.807) is 12.1 Å². The second-order valence-corrected chi connectivity index (χ2v) is 8.15. The van der Waals surface area contributed by atoms with Crippen molar-refractivity contribution in [2.24, 2.45) is 0 Å². The molecule has 3 nitrogen and oxygen atoms in total. The van der Waals surface area contributed by atoms with Crippen LogP contribution in [0.25, 0.3) is 0 Å². The Morgan fingerprint density at radius 1 is 0.963 bits per heavy atom. The number of likely N-dealkylation sites (tertiary alicyclic amines) is 1. The molecule has 2 aliphatic heterocycles. The Morgan fingerprint density at radius 2 is 1.56 bits per heavy atom. The van der Waals surface area contributed by atoms with Crippen LogP contribution >= 0.6 is 0 Å². The minimum absolute atomic E-state index is 0.0403. The molecule has 4 rings (SSSR count). The summed E-state index contributed by atoms with van der Waals surface area (Å²) in [6.45, 7) is 5.06. The number of carbonyl (C=O) groups is 1. The van der Waals surface area contributed by atoms with Crippen molar-refractivity contribution in [2.45, 2.75) is 50.7 Å². The van der Waals surface area contributed by atoms with Gasteiger partial charge in [-0.1, -0.05) is 0 Å². The van der Waals surface area contributed by atoms with Crippen LogP contribution < -0.4 is 4.90 Å². The van der Waals surface area contributed by atoms with Crippen LogP contribution in [0.1, 0.15) is 43.5 Å². The van der Waals surface area contributed by atoms with E-state index >= 15 is 0 Å². The summed E-state index contributed by atoms with van der Waals surface area (Å²) >= 11 is 0. The zero-order chi connectivity index (χ0) is 19.2. The van der Waals surface area contributed by atoms with Crippen molar-refractivity contribution >= 4 is 11.6 Å². The van der Waals surface area contributed by atoms with Crippen molar-refractivity contribution in [3.05, 3.63) is 65.7 Å². The number of hydrogen-bond acceptors (Lipinski definition) is 2. The van der Waals surface area contributed by atoms with E-state index in [1.807, 2.05) is 17.0 Å². The molecule has 0 aromatic heterocycles. The molecule has 5 heteroatoms. The van der Waals surface area contributed by atoms with Gasteiger partial charge in [0.05, 0.1) is 12.1 Å². The van der Waals surface area contributed by atoms with Crippen molar-refractivity contribution < 1.29 is 13.6 Å². The molecule has 0 bridgehead atoms. The van der Waals surface area contributed by atoms with Gasteiger partial charge in [-0.25, -0.2) is 8.78 Å². The van der Waals surface area contributed by atoms with Gasteiger partial charge in [-0.3, -0.25) is 4.79 Å². The number of halogens is 2. The molecular formula is C22H24F2N2O. The van der Waals surface area contributed by atoms with Gasteiger partial charge in [0.15, 0.2) is 0 Å². The Balaban J connectivity index is 1.64. The molecule has 27 heavy (non-hydrogen) atoms. The van der Waals surface area contributed by atoms with Gasteiger partial charge < -0.3 is 9.80 Å². The summed E-state index contributed by atoms with van der Waals surface area (Å²) in [4.78, 5) is 17.4. The summed E-state index contributed by atoms with van der Waals surface area (Å²) < 4.78 is 26.6. The maximum absolute atomic E-state index is 13.4. The lowest BCUT2D eigenvalue weighted by atomic mass is 9.93. The molecule has 2 fully saturated rings. The molecule has 2 aliphatic rings. The molecule has 0 N–H and O–H groups in total. The van der Waals surface area contributed by atoms with Crippen molar-refractivity contribution in [2.75, 3.05) is 11.4 Å². The summed E-state index contributed by atoms with van der Waals surface area (Å²) in [5.41, 5.74) is 1.37. The van der Waals surface area contributed by atoms with Gasteiger partial charge in [0.25, 0.3) is 5.91 Å². The molecule has 142 valence electrons. The minimum Gasteiger partial charge on any atom is -0.361 e. The molecule has 0 aliphatic carbocycles. The third-order valence-electron chi connectivity index (χ3n) is 5.89. The fraction of sp³-hybridized carbons (Fsp3) is 0.409. The van der Waals surface area contributed by atoms with Gasteiger partial charge in [0.1, 0.15) is 11.6 Å². The van der Waals surface area contributed by atoms with E-state index in [1.165, 1.54) is 24.3 Å². The Kier molecular flexibility index (Phi) is 4.41. The maximum atomic E-state index is 13.4. The van der Waals surface area contributed by atoms with Gasteiger partial charge in [-0.2, -0.15) is 0 Å². The third-order valence-corrected chi connectivity index (χ3v) is 5.89. The molecule has 0 spiro atoms. The third kappa shape index (κ3) is 3.20. The lowest BCUT2D eigenvalue weighted by Crippen LogP contribution is -2.52. The number of benzene rings is 2. The monoisotopic (exact) mass is 370 g/mol. The van der Waals surface area contributed by atoms with Crippen LogP contribution in [-0.4, -0.2) is 35.0 Å². The highest BCUT2D eigenvalue weighted by Crippen LogP contribution is 2.44. The van der Waals surface area contributed by atoms with Crippen LogP contribution in [0.3, 0.4) is 0 Å². The van der Waals surface area contributed by atoms with E-state index in [-0.39, 0.29) is 35.2 Å². The molecule has 2 saturated heterocycles. The largest absolute Gasteiger partial charge is 0.361 e. The molecule has 1 amide bonds. The zero-order valence-corrected chi connectivity index (χ0v) is 15.7. The van der Waals surface area contributed by atoms with E-state index in [4.69, 9.17) is 0 Å². The van der Waals surface area contributed by atoms with Gasteiger partial charge in [0.2, 0.25) is 0 Å². The van der Waals surface area contributed by atoms with Gasteiger partial charge in [-0.15, -0.1) is 0 Å². The number of nitrogens with zero attached hydrogens (tertiary/aromatic N) is 2. The van der Waals surface area contributed by atoms with Crippen LogP contribution in [0.2, 0.25) is 0 Å². The van der Waals surface area contributed by atoms with E-state index in [0.29, 0.717) is 12.1 Å². The Bertz CT molecular complexity index is 832. The van der Waals surface area contributed by atoms with Crippen LogP contribution in [0.5, 0.6) is 0 Å². The highest BCUT2D eigenvalue weighted by Gasteiger charge is 2.50. The summed E-state index contributed by atoms with van der Waals surface area (Å²) in [7, 11) is 0. The number of anilines is 1. The average molecular weight is 370 g/mol. The highest BCUT2D eigenvalue weighted by atomic mass is 19.1. The Hall–Kier alpha value is -2.43. The topological polar surface area (TPSA) is 23.6 Å². The maximum Gasteiger partial charge on any atom is 0.254 e. The van der Waals surface area contributed by atoms with E-state index in [9.17, 15) is 13.6 Å². The minimum atomic E-state index is -0.340. The molecule has 0 saturated carbocycles.